The highest BCUT2D eigenvalue weighted by molar-refractivity contribution is 6.43. The average molecular weight is 289 g/mol. The molecule has 0 atom stereocenters. The molecule has 0 amide bonds. The monoisotopic (exact) mass is 287 g/mol. The number of benzene rings is 1. The fraction of sp³-hybridized carbons (Fsp3) is 0.0833. The molecule has 0 aliphatic carbocycles. The van der Waals surface area contributed by atoms with Crippen molar-refractivity contribution in [3.05, 3.63) is 57.3 Å². The van der Waals surface area contributed by atoms with E-state index in [4.69, 9.17) is 39.5 Å². The minimum Gasteiger partial charge on any atom is -0.486 e. The molecule has 0 N–H and O–H groups in total. The van der Waals surface area contributed by atoms with Crippen molar-refractivity contribution in [3.63, 3.8) is 0 Å². The van der Waals surface area contributed by atoms with E-state index >= 15 is 0 Å². The molecule has 0 aliphatic rings. The lowest BCUT2D eigenvalue weighted by atomic mass is 10.2. The highest BCUT2D eigenvalue weighted by atomic mass is 35.5. The summed E-state index contributed by atoms with van der Waals surface area (Å²) in [4.78, 5) is 3.82. The fourth-order valence-corrected chi connectivity index (χ4v) is 1.88. The van der Waals surface area contributed by atoms with E-state index in [9.17, 15) is 0 Å². The molecule has 0 spiro atoms. The second kappa shape index (κ2) is 5.58. The fourth-order valence-electron chi connectivity index (χ4n) is 1.29. The third-order valence-electron chi connectivity index (χ3n) is 2.11. The molecule has 0 radical (unpaired) electrons. The van der Waals surface area contributed by atoms with Gasteiger partial charge >= 0.3 is 0 Å². The van der Waals surface area contributed by atoms with Crippen molar-refractivity contribution in [2.75, 3.05) is 0 Å². The van der Waals surface area contributed by atoms with E-state index in [2.05, 4.69) is 4.98 Å². The minimum atomic E-state index is 0.180. The molecule has 0 fully saturated rings. The van der Waals surface area contributed by atoms with Gasteiger partial charge in [0.25, 0.3) is 0 Å². The lowest BCUT2D eigenvalue weighted by Crippen LogP contribution is -1.97. The van der Waals surface area contributed by atoms with E-state index in [-0.39, 0.29) is 10.2 Å². The SMILES string of the molecule is Clc1cnc(Cl)c(Cl)c1OCc1ccccc1. The largest absolute Gasteiger partial charge is 0.486 e. The molecule has 0 unspecified atom stereocenters. The molecule has 0 saturated heterocycles. The lowest BCUT2D eigenvalue weighted by molar-refractivity contribution is 0.306. The van der Waals surface area contributed by atoms with Gasteiger partial charge in [-0.15, -0.1) is 0 Å². The van der Waals surface area contributed by atoms with Crippen LogP contribution in [0.15, 0.2) is 36.5 Å². The Morgan fingerprint density at radius 1 is 1.06 bits per heavy atom. The molecule has 0 saturated carbocycles. The first-order valence-electron chi connectivity index (χ1n) is 4.84. The molecule has 17 heavy (non-hydrogen) atoms. The first kappa shape index (κ1) is 12.5. The van der Waals surface area contributed by atoms with Crippen LogP contribution >= 0.6 is 34.8 Å². The first-order chi connectivity index (χ1) is 8.18. The Morgan fingerprint density at radius 2 is 1.76 bits per heavy atom. The zero-order valence-electron chi connectivity index (χ0n) is 8.66. The van der Waals surface area contributed by atoms with Crippen molar-refractivity contribution >= 4 is 34.8 Å². The van der Waals surface area contributed by atoms with Gasteiger partial charge in [0.2, 0.25) is 0 Å². The van der Waals surface area contributed by atoms with Gasteiger partial charge in [-0.05, 0) is 5.56 Å². The van der Waals surface area contributed by atoms with Crippen molar-refractivity contribution < 1.29 is 4.74 Å². The molecule has 2 nitrogen and oxygen atoms in total. The maximum absolute atomic E-state index is 5.96. The quantitative estimate of drug-likeness (QED) is 0.769. The number of hydrogen-bond donors (Lipinski definition) is 0. The van der Waals surface area contributed by atoms with Crippen LogP contribution in [-0.2, 0) is 6.61 Å². The molecule has 2 rings (SSSR count). The Morgan fingerprint density at radius 3 is 2.47 bits per heavy atom. The standard InChI is InChI=1S/C12H8Cl3NO/c13-9-6-16-12(15)10(14)11(9)17-7-8-4-2-1-3-5-8/h1-6H,7H2. The topological polar surface area (TPSA) is 22.1 Å². The number of pyridine rings is 1. The van der Waals surface area contributed by atoms with Crippen LogP contribution in [0.2, 0.25) is 15.2 Å². The summed E-state index contributed by atoms with van der Waals surface area (Å²) in [6, 6.07) is 9.70. The first-order valence-corrected chi connectivity index (χ1v) is 5.98. The molecular formula is C12H8Cl3NO. The Kier molecular flexibility index (Phi) is 4.11. The summed E-state index contributed by atoms with van der Waals surface area (Å²) in [6.45, 7) is 0.376. The molecule has 0 aliphatic heterocycles. The van der Waals surface area contributed by atoms with Gasteiger partial charge in [-0.2, -0.15) is 0 Å². The third-order valence-corrected chi connectivity index (χ3v) is 3.12. The van der Waals surface area contributed by atoms with E-state index in [1.54, 1.807) is 0 Å². The molecule has 88 valence electrons. The molecule has 0 bridgehead atoms. The zero-order chi connectivity index (χ0) is 12.3. The summed E-state index contributed by atoms with van der Waals surface area (Å²) in [5.74, 6) is 0.359. The Labute approximate surface area is 114 Å². The number of nitrogens with zero attached hydrogens (tertiary/aromatic N) is 1. The van der Waals surface area contributed by atoms with Gasteiger partial charge in [0.05, 0.1) is 6.20 Å². The normalized spacial score (nSPS) is 10.3. The van der Waals surface area contributed by atoms with Crippen molar-refractivity contribution in [1.29, 1.82) is 0 Å². The Hall–Kier alpha value is -0.960. The van der Waals surface area contributed by atoms with E-state index < -0.39 is 0 Å². The maximum Gasteiger partial charge on any atom is 0.161 e. The smallest absolute Gasteiger partial charge is 0.161 e. The number of rotatable bonds is 3. The van der Waals surface area contributed by atoms with Gasteiger partial charge in [-0.3, -0.25) is 0 Å². The summed E-state index contributed by atoms with van der Waals surface area (Å²) < 4.78 is 5.55. The second-order valence-corrected chi connectivity index (χ2v) is 4.46. The maximum atomic E-state index is 5.96. The Bertz CT molecular complexity index is 517. The van der Waals surface area contributed by atoms with Gasteiger partial charge in [-0.1, -0.05) is 65.1 Å². The van der Waals surface area contributed by atoms with Crippen LogP contribution in [-0.4, -0.2) is 4.98 Å². The van der Waals surface area contributed by atoms with Gasteiger partial charge in [0.1, 0.15) is 16.7 Å². The summed E-state index contributed by atoms with van der Waals surface area (Å²) >= 11 is 17.7. The van der Waals surface area contributed by atoms with Crippen molar-refractivity contribution in [3.8, 4) is 5.75 Å². The van der Waals surface area contributed by atoms with Crippen LogP contribution in [0.5, 0.6) is 5.75 Å². The zero-order valence-corrected chi connectivity index (χ0v) is 10.9. The van der Waals surface area contributed by atoms with Gasteiger partial charge in [0.15, 0.2) is 10.9 Å². The molecule has 2 aromatic rings. The van der Waals surface area contributed by atoms with Crippen LogP contribution in [0.25, 0.3) is 0 Å². The molecular weight excluding hydrogens is 280 g/mol. The van der Waals surface area contributed by atoms with Crippen LogP contribution in [0.1, 0.15) is 5.56 Å². The molecule has 1 aromatic carbocycles. The van der Waals surface area contributed by atoms with Gasteiger partial charge in [0, 0.05) is 0 Å². The van der Waals surface area contributed by atoms with Crippen molar-refractivity contribution in [1.82, 2.24) is 4.98 Å². The molecule has 1 heterocycles. The summed E-state index contributed by atoms with van der Waals surface area (Å²) in [6.07, 6.45) is 1.41. The molecule has 5 heteroatoms. The lowest BCUT2D eigenvalue weighted by Gasteiger charge is -2.10. The van der Waals surface area contributed by atoms with E-state index in [1.807, 2.05) is 30.3 Å². The van der Waals surface area contributed by atoms with Crippen molar-refractivity contribution in [2.24, 2.45) is 0 Å². The van der Waals surface area contributed by atoms with E-state index in [1.165, 1.54) is 6.20 Å². The van der Waals surface area contributed by atoms with Crippen molar-refractivity contribution in [2.45, 2.75) is 6.61 Å². The number of hydrogen-bond acceptors (Lipinski definition) is 2. The van der Waals surface area contributed by atoms with E-state index in [0.717, 1.165) is 5.56 Å². The highest BCUT2D eigenvalue weighted by Gasteiger charge is 2.12. The predicted molar refractivity (Wildman–Crippen MR) is 70.0 cm³/mol. The number of ether oxygens (including phenoxy) is 1. The third kappa shape index (κ3) is 3.03. The van der Waals surface area contributed by atoms with Crippen LogP contribution in [0.3, 0.4) is 0 Å². The second-order valence-electron chi connectivity index (χ2n) is 3.31. The Balaban J connectivity index is 2.17. The van der Waals surface area contributed by atoms with Gasteiger partial charge < -0.3 is 4.74 Å². The summed E-state index contributed by atoms with van der Waals surface area (Å²) in [7, 11) is 0. The molecule has 1 aromatic heterocycles. The van der Waals surface area contributed by atoms with Gasteiger partial charge in [-0.25, -0.2) is 4.98 Å². The van der Waals surface area contributed by atoms with Crippen LogP contribution in [0, 0.1) is 0 Å². The number of halogens is 3. The average Bonchev–Trinajstić information content (AvgIpc) is 2.35. The van der Waals surface area contributed by atoms with E-state index in [0.29, 0.717) is 17.4 Å². The number of aromatic nitrogens is 1. The highest BCUT2D eigenvalue weighted by Crippen LogP contribution is 2.36. The predicted octanol–water partition coefficient (Wildman–Crippen LogP) is 4.62. The summed E-state index contributed by atoms with van der Waals surface area (Å²) in [5.41, 5.74) is 1.02. The minimum absolute atomic E-state index is 0.180. The van der Waals surface area contributed by atoms with Crippen LogP contribution < -0.4 is 4.74 Å². The summed E-state index contributed by atoms with van der Waals surface area (Å²) in [5, 5.41) is 0.754. The van der Waals surface area contributed by atoms with Crippen LogP contribution in [0.4, 0.5) is 0 Å².